The number of fused-ring (bicyclic) bond motifs is 7. The molecule has 2 nitrogen and oxygen atoms in total. The van der Waals surface area contributed by atoms with Crippen LogP contribution in [0.5, 0.6) is 0 Å². The molecule has 63 heavy (non-hydrogen) atoms. The zero-order chi connectivity index (χ0) is 50.8. The van der Waals surface area contributed by atoms with Crippen molar-refractivity contribution in [3.05, 3.63) is 148 Å². The first-order valence-electron chi connectivity index (χ1n) is 26.3. The van der Waals surface area contributed by atoms with E-state index in [0.29, 0.717) is 23.3 Å². The highest BCUT2D eigenvalue weighted by Gasteiger charge is 2.47. The van der Waals surface area contributed by atoms with Crippen LogP contribution in [0.3, 0.4) is 0 Å². The van der Waals surface area contributed by atoms with Gasteiger partial charge in [0.05, 0.1) is 21.0 Å². The monoisotopic (exact) mass is 852 g/mol. The van der Waals surface area contributed by atoms with E-state index in [9.17, 15) is 5.48 Å². The second-order valence-electron chi connectivity index (χ2n) is 22.9. The second-order valence-corrected chi connectivity index (χ2v) is 24.0. The molecule has 0 fully saturated rings. The first kappa shape index (κ1) is 34.4. The summed E-state index contributed by atoms with van der Waals surface area (Å²) in [5.74, 6) is 0. The molecular formula is C59H65BN2S. The van der Waals surface area contributed by atoms with Crippen LogP contribution in [0.25, 0.3) is 21.2 Å². The Bertz CT molecular complexity index is 3350. The van der Waals surface area contributed by atoms with Crippen molar-refractivity contribution < 1.29 is 9.60 Å². The van der Waals surface area contributed by atoms with Gasteiger partial charge in [-0.2, -0.15) is 0 Å². The molecule has 0 radical (unpaired) electrons. The van der Waals surface area contributed by atoms with Crippen LogP contribution in [0.4, 0.5) is 34.1 Å². The Hall–Kier alpha value is -5.06. The molecule has 6 aromatic carbocycles. The highest BCUT2D eigenvalue weighted by molar-refractivity contribution is 7.33. The minimum atomic E-state index is -0.421. The number of aryl methyl sites for hydroxylation is 1. The fourth-order valence-electron chi connectivity index (χ4n) is 10.3. The third kappa shape index (κ3) is 6.72. The van der Waals surface area contributed by atoms with Crippen molar-refractivity contribution in [1.82, 2.24) is 0 Å². The van der Waals surface area contributed by atoms with Gasteiger partial charge in [-0.3, -0.25) is 0 Å². The van der Waals surface area contributed by atoms with Crippen LogP contribution in [-0.4, -0.2) is 6.71 Å². The molecule has 10 rings (SSSR count). The van der Waals surface area contributed by atoms with Crippen LogP contribution in [0.2, 0.25) is 0 Å². The molecule has 0 atom stereocenters. The quantitative estimate of drug-likeness (QED) is 0.163. The molecule has 0 spiro atoms. The fraction of sp³-hybridized carbons (Fsp3) is 0.356. The number of rotatable bonds is 3. The van der Waals surface area contributed by atoms with E-state index < -0.39 is 6.04 Å². The van der Waals surface area contributed by atoms with Crippen LogP contribution < -0.4 is 25.5 Å². The summed E-state index contributed by atoms with van der Waals surface area (Å²) in [6.07, 6.45) is 1.88. The van der Waals surface area contributed by atoms with Crippen molar-refractivity contribution in [2.24, 2.45) is 0 Å². The smallest absolute Gasteiger partial charge is 0.264 e. The Labute approximate surface area is 392 Å². The Morgan fingerprint density at radius 1 is 0.603 bits per heavy atom. The van der Waals surface area contributed by atoms with Crippen LogP contribution in [0.15, 0.2) is 115 Å². The van der Waals surface area contributed by atoms with Gasteiger partial charge in [0.15, 0.2) is 0 Å². The van der Waals surface area contributed by atoms with E-state index in [-0.39, 0.29) is 63.5 Å². The van der Waals surface area contributed by atoms with Gasteiger partial charge >= 0.3 is 0 Å². The molecule has 0 amide bonds. The van der Waals surface area contributed by atoms with E-state index >= 15 is 0 Å². The average Bonchev–Trinajstić information content (AvgIpc) is 3.68. The lowest BCUT2D eigenvalue weighted by molar-refractivity contribution is 0.332. The lowest BCUT2D eigenvalue weighted by Crippen LogP contribution is -2.60. The maximum absolute atomic E-state index is 10.4. The predicted octanol–water partition coefficient (Wildman–Crippen LogP) is 15.2. The largest absolute Gasteiger partial charge is 0.311 e. The van der Waals surface area contributed by atoms with Crippen LogP contribution in [0, 0.1) is 6.92 Å². The molecule has 1 aromatic heterocycles. The summed E-state index contributed by atoms with van der Waals surface area (Å²) in [7, 11) is 0. The first-order valence-corrected chi connectivity index (χ1v) is 23.6. The van der Waals surface area contributed by atoms with Gasteiger partial charge in [-0.1, -0.05) is 151 Å². The number of benzene rings is 6. The first-order chi connectivity index (χ1) is 32.5. The average molecular weight is 852 g/mol. The summed E-state index contributed by atoms with van der Waals surface area (Å²) in [6.45, 7) is 30.6. The Balaban J connectivity index is 1.38. The highest BCUT2D eigenvalue weighted by Crippen LogP contribution is 2.53. The van der Waals surface area contributed by atoms with E-state index in [1.54, 1.807) is 11.3 Å². The number of thiophene rings is 1. The fourth-order valence-corrected chi connectivity index (χ4v) is 11.6. The van der Waals surface area contributed by atoms with E-state index in [1.807, 2.05) is 6.07 Å². The number of hydrogen-bond donors (Lipinski definition) is 0. The van der Waals surface area contributed by atoms with Crippen molar-refractivity contribution in [2.75, 3.05) is 9.80 Å². The molecule has 320 valence electrons. The molecule has 0 N–H and O–H groups in total. The van der Waals surface area contributed by atoms with Gasteiger partial charge in [0.25, 0.3) is 6.71 Å². The predicted molar refractivity (Wildman–Crippen MR) is 277 cm³/mol. The minimum absolute atomic E-state index is 0.0737. The number of nitrogens with zero attached hydrogens (tertiary/aromatic N) is 2. The molecule has 2 aliphatic heterocycles. The molecule has 4 heteroatoms. The summed E-state index contributed by atoms with van der Waals surface area (Å²) in [5.41, 5.74) is 13.6. The van der Waals surface area contributed by atoms with Crippen LogP contribution in [0.1, 0.15) is 146 Å². The maximum Gasteiger partial charge on any atom is 0.264 e. The summed E-state index contributed by atoms with van der Waals surface area (Å²) < 4.78 is 67.6. The van der Waals surface area contributed by atoms with Crippen molar-refractivity contribution in [3.8, 4) is 11.1 Å². The van der Waals surface area contributed by atoms with Gasteiger partial charge in [0.2, 0.25) is 0 Å². The molecule has 0 unspecified atom stereocenters. The normalized spacial score (nSPS) is 18.0. The van der Waals surface area contributed by atoms with Crippen LogP contribution in [-0.2, 0) is 27.1 Å². The summed E-state index contributed by atoms with van der Waals surface area (Å²) in [5, 5.41) is 0.834. The van der Waals surface area contributed by atoms with Crippen molar-refractivity contribution >= 4 is 78.0 Å². The molecule has 0 saturated carbocycles. The van der Waals surface area contributed by atoms with E-state index in [4.69, 9.17) is 4.11 Å². The number of anilines is 6. The Morgan fingerprint density at radius 2 is 1.14 bits per heavy atom. The van der Waals surface area contributed by atoms with Crippen molar-refractivity contribution in [1.29, 1.82) is 0 Å². The summed E-state index contributed by atoms with van der Waals surface area (Å²) >= 11 is 1.67. The molecule has 3 heterocycles. The molecule has 0 bridgehead atoms. The van der Waals surface area contributed by atoms with Gasteiger partial charge in [0.1, 0.15) is 0 Å². The SMILES string of the molecule is [2H]c1c([2H])c([2H])c(-c2cc(C(C)(C)C)ccc2N2c3ccc(C(C)(C)C)cc3B3c4sc5c([2H])c6c(c([2H])c5c4N(c4ccc(C(C)(C)C)cc4)c4cc(C)cc2c43)C(C)(C)CCC6(C)C)c([2H])c1[2H]. The molecule has 1 aliphatic carbocycles. The maximum atomic E-state index is 10.4. The topological polar surface area (TPSA) is 6.48 Å². The zero-order valence-corrected chi connectivity index (χ0v) is 40.5. The molecule has 7 aromatic rings. The van der Waals surface area contributed by atoms with Gasteiger partial charge in [-0.25, -0.2) is 0 Å². The summed E-state index contributed by atoms with van der Waals surface area (Å²) in [6, 6.07) is 25.8. The summed E-state index contributed by atoms with van der Waals surface area (Å²) in [4.78, 5) is 4.66. The zero-order valence-electron chi connectivity index (χ0n) is 46.7. The number of hydrogen-bond acceptors (Lipinski definition) is 3. The Kier molecular flexibility index (Phi) is 7.62. The van der Waals surface area contributed by atoms with E-state index in [2.05, 4.69) is 173 Å². The lowest BCUT2D eigenvalue weighted by atomic mass is 9.36. The standard InChI is InChI=1S/C59H65BN2S/c1-36-30-49-52-50(31-36)62(47-26-22-39(56(5,6)7)32-42(47)37-18-16-15-17-19-37)48-27-23-40(57(8,9)10)33-46(48)60(52)54-53(61(49)41-24-20-38(21-25-41)55(2,3)4)43-34-44-45(35-51(43)63-54)59(13,14)29-28-58(44,11)12/h15-27,30-35H,28-29H2,1-14H3/i15D,16D,17D,18D,19D,34D,35D. The van der Waals surface area contributed by atoms with E-state index in [0.717, 1.165) is 89.3 Å². The van der Waals surface area contributed by atoms with Gasteiger partial charge in [0, 0.05) is 43.2 Å². The minimum Gasteiger partial charge on any atom is -0.311 e. The molecule has 3 aliphatic rings. The van der Waals surface area contributed by atoms with E-state index in [1.165, 1.54) is 11.1 Å². The third-order valence-electron chi connectivity index (χ3n) is 14.2. The van der Waals surface area contributed by atoms with Crippen molar-refractivity contribution in [3.63, 3.8) is 0 Å². The van der Waals surface area contributed by atoms with Gasteiger partial charge < -0.3 is 9.80 Å². The molecule has 0 saturated heterocycles. The van der Waals surface area contributed by atoms with Gasteiger partial charge in [-0.05, 0) is 151 Å². The Morgan fingerprint density at radius 3 is 1.75 bits per heavy atom. The molecular weight excluding hydrogens is 780 g/mol. The highest BCUT2D eigenvalue weighted by atomic mass is 32.1. The van der Waals surface area contributed by atoms with Gasteiger partial charge in [-0.15, -0.1) is 11.3 Å². The third-order valence-corrected chi connectivity index (χ3v) is 15.4. The lowest BCUT2D eigenvalue weighted by Gasteiger charge is -2.44. The van der Waals surface area contributed by atoms with Crippen LogP contribution >= 0.6 is 11.3 Å². The van der Waals surface area contributed by atoms with Crippen molar-refractivity contribution in [2.45, 2.75) is 137 Å². The second kappa shape index (κ2) is 14.0.